The van der Waals surface area contributed by atoms with Crippen molar-refractivity contribution in [2.24, 2.45) is 0 Å². The van der Waals surface area contributed by atoms with Crippen LogP contribution in [0.3, 0.4) is 0 Å². The van der Waals surface area contributed by atoms with E-state index in [-0.39, 0.29) is 12.3 Å². The molecule has 7 heteroatoms. The van der Waals surface area contributed by atoms with Crippen molar-refractivity contribution >= 4 is 16.8 Å². The molecular weight excluding hydrogens is 354 g/mol. The van der Waals surface area contributed by atoms with Crippen molar-refractivity contribution in [2.75, 3.05) is 20.6 Å². The lowest BCUT2D eigenvalue weighted by molar-refractivity contribution is -0.130. The van der Waals surface area contributed by atoms with E-state index >= 15 is 0 Å². The fraction of sp³-hybridized carbons (Fsp3) is 0.381. The number of benzene rings is 1. The summed E-state index contributed by atoms with van der Waals surface area (Å²) in [5.74, 6) is -0.107. The maximum absolute atomic E-state index is 11.9. The zero-order chi connectivity index (χ0) is 19.7. The number of aliphatic hydroxyl groups is 1. The summed E-state index contributed by atoms with van der Waals surface area (Å²) >= 11 is 0. The minimum absolute atomic E-state index is 0.0518. The van der Waals surface area contributed by atoms with E-state index in [1.54, 1.807) is 14.1 Å². The molecule has 1 atom stereocenters. The van der Waals surface area contributed by atoms with Crippen LogP contribution in [0.25, 0.3) is 10.9 Å². The maximum atomic E-state index is 11.9. The molecule has 0 bridgehead atoms. The lowest BCUT2D eigenvalue weighted by Crippen LogP contribution is -2.33. The Balaban J connectivity index is 1.48. The summed E-state index contributed by atoms with van der Waals surface area (Å²) in [5.41, 5.74) is 3.91. The van der Waals surface area contributed by atoms with Gasteiger partial charge in [-0.05, 0) is 23.8 Å². The number of aliphatic hydroxyl groups excluding tert-OH is 1. The van der Waals surface area contributed by atoms with Gasteiger partial charge in [0.25, 0.3) is 0 Å². The van der Waals surface area contributed by atoms with Gasteiger partial charge in [-0.25, -0.2) is 0 Å². The standard InChI is InChI=1S/C21H25N5O2/c1-24(2)21(28)12-20(27)19-11-16-14-25(9-10-26(16)23-19)13-15-7-8-22-18-6-4-3-5-17(15)18/h3-8,11,20,27H,9-10,12-14H2,1-2H3/t20-/m0/s1. The molecule has 0 aliphatic carbocycles. The van der Waals surface area contributed by atoms with Crippen molar-refractivity contribution < 1.29 is 9.90 Å². The van der Waals surface area contributed by atoms with Crippen LogP contribution in [0.4, 0.5) is 0 Å². The Bertz CT molecular complexity index is 992. The number of rotatable bonds is 5. The van der Waals surface area contributed by atoms with Gasteiger partial charge >= 0.3 is 0 Å². The summed E-state index contributed by atoms with van der Waals surface area (Å²) in [6.45, 7) is 3.26. The zero-order valence-corrected chi connectivity index (χ0v) is 16.2. The van der Waals surface area contributed by atoms with Crippen molar-refractivity contribution in [1.29, 1.82) is 0 Å². The number of carbonyl (C=O) groups excluding carboxylic acids is 1. The molecular formula is C21H25N5O2. The fourth-order valence-corrected chi connectivity index (χ4v) is 3.63. The highest BCUT2D eigenvalue weighted by Gasteiger charge is 2.23. The Labute approximate surface area is 164 Å². The number of aromatic nitrogens is 3. The average Bonchev–Trinajstić information content (AvgIpc) is 3.12. The molecule has 7 nitrogen and oxygen atoms in total. The van der Waals surface area contributed by atoms with Gasteiger partial charge in [-0.2, -0.15) is 5.10 Å². The molecule has 28 heavy (non-hydrogen) atoms. The van der Waals surface area contributed by atoms with Crippen molar-refractivity contribution in [2.45, 2.75) is 32.2 Å². The highest BCUT2D eigenvalue weighted by molar-refractivity contribution is 5.81. The zero-order valence-electron chi connectivity index (χ0n) is 16.2. The van der Waals surface area contributed by atoms with E-state index in [2.05, 4.69) is 27.1 Å². The van der Waals surface area contributed by atoms with Crippen LogP contribution < -0.4 is 0 Å². The number of hydrogen-bond donors (Lipinski definition) is 1. The molecule has 1 N–H and O–H groups in total. The number of amides is 1. The number of para-hydroxylation sites is 1. The van der Waals surface area contributed by atoms with E-state index in [0.717, 1.165) is 37.4 Å². The van der Waals surface area contributed by atoms with Crippen molar-refractivity contribution in [3.8, 4) is 0 Å². The third kappa shape index (κ3) is 3.76. The van der Waals surface area contributed by atoms with Crippen LogP contribution in [0, 0.1) is 0 Å². The van der Waals surface area contributed by atoms with E-state index in [1.165, 1.54) is 15.8 Å². The van der Waals surface area contributed by atoms with E-state index in [0.29, 0.717) is 5.69 Å². The first-order valence-corrected chi connectivity index (χ1v) is 9.51. The second-order valence-electron chi connectivity index (χ2n) is 7.49. The minimum atomic E-state index is -0.870. The number of carbonyl (C=O) groups is 1. The second kappa shape index (κ2) is 7.69. The van der Waals surface area contributed by atoms with Crippen LogP contribution >= 0.6 is 0 Å². The third-order valence-corrected chi connectivity index (χ3v) is 5.24. The van der Waals surface area contributed by atoms with E-state index < -0.39 is 6.10 Å². The molecule has 1 amide bonds. The van der Waals surface area contributed by atoms with Gasteiger partial charge in [0.05, 0.1) is 29.9 Å². The van der Waals surface area contributed by atoms with E-state index in [9.17, 15) is 9.90 Å². The average molecular weight is 379 g/mol. The van der Waals surface area contributed by atoms with Gasteiger partial charge in [-0.1, -0.05) is 18.2 Å². The lowest BCUT2D eigenvalue weighted by Gasteiger charge is -2.27. The quantitative estimate of drug-likeness (QED) is 0.734. The SMILES string of the molecule is CN(C)C(=O)C[C@H](O)c1cc2n(n1)CCN(Cc1ccnc3ccccc13)C2. The van der Waals surface area contributed by atoms with Gasteiger partial charge in [-0.15, -0.1) is 0 Å². The van der Waals surface area contributed by atoms with Crippen molar-refractivity contribution in [1.82, 2.24) is 24.6 Å². The molecule has 3 heterocycles. The summed E-state index contributed by atoms with van der Waals surface area (Å²) < 4.78 is 1.94. The van der Waals surface area contributed by atoms with Crippen LogP contribution in [-0.4, -0.2) is 56.2 Å². The molecule has 0 radical (unpaired) electrons. The molecule has 2 aromatic heterocycles. The van der Waals surface area contributed by atoms with Crippen LogP contribution in [-0.2, 0) is 24.4 Å². The minimum Gasteiger partial charge on any atom is -0.386 e. The summed E-state index contributed by atoms with van der Waals surface area (Å²) in [5, 5.41) is 16.1. The van der Waals surface area contributed by atoms with E-state index in [1.807, 2.05) is 35.1 Å². The number of fused-ring (bicyclic) bond motifs is 2. The predicted molar refractivity (Wildman–Crippen MR) is 106 cm³/mol. The summed E-state index contributed by atoms with van der Waals surface area (Å²) in [6, 6.07) is 12.2. The Morgan fingerprint density at radius 1 is 1.25 bits per heavy atom. The molecule has 3 aromatic rings. The normalized spacial score (nSPS) is 15.4. The van der Waals surface area contributed by atoms with Crippen LogP contribution in [0.2, 0.25) is 0 Å². The Hall–Kier alpha value is -2.77. The Kier molecular flexibility index (Phi) is 5.11. The molecule has 4 rings (SSSR count). The van der Waals surface area contributed by atoms with E-state index in [4.69, 9.17) is 0 Å². The number of nitrogens with zero attached hydrogens (tertiary/aromatic N) is 5. The molecule has 0 saturated heterocycles. The third-order valence-electron chi connectivity index (χ3n) is 5.24. The molecule has 146 valence electrons. The topological polar surface area (TPSA) is 74.5 Å². The molecule has 0 saturated carbocycles. The molecule has 1 aliphatic rings. The fourth-order valence-electron chi connectivity index (χ4n) is 3.63. The highest BCUT2D eigenvalue weighted by atomic mass is 16.3. The lowest BCUT2D eigenvalue weighted by atomic mass is 10.1. The molecule has 0 fully saturated rings. The number of hydrogen-bond acceptors (Lipinski definition) is 5. The first-order valence-electron chi connectivity index (χ1n) is 9.51. The highest BCUT2D eigenvalue weighted by Crippen LogP contribution is 2.23. The first-order chi connectivity index (χ1) is 13.5. The number of pyridine rings is 1. The predicted octanol–water partition coefficient (Wildman–Crippen LogP) is 1.96. The van der Waals surface area contributed by atoms with Gasteiger partial charge < -0.3 is 10.0 Å². The molecule has 0 spiro atoms. The monoisotopic (exact) mass is 379 g/mol. The molecule has 0 unspecified atom stereocenters. The van der Waals surface area contributed by atoms with Crippen LogP contribution in [0.5, 0.6) is 0 Å². The Morgan fingerprint density at radius 3 is 2.89 bits per heavy atom. The van der Waals surface area contributed by atoms with Gasteiger partial charge in [-0.3, -0.25) is 19.4 Å². The smallest absolute Gasteiger partial charge is 0.225 e. The summed E-state index contributed by atoms with van der Waals surface area (Å²) in [4.78, 5) is 20.1. The first kappa shape index (κ1) is 18.6. The largest absolute Gasteiger partial charge is 0.386 e. The maximum Gasteiger partial charge on any atom is 0.225 e. The van der Waals surface area contributed by atoms with Gasteiger partial charge in [0.2, 0.25) is 5.91 Å². The van der Waals surface area contributed by atoms with Crippen LogP contribution in [0.15, 0.2) is 42.6 Å². The van der Waals surface area contributed by atoms with Gasteiger partial charge in [0, 0.05) is 45.3 Å². The second-order valence-corrected chi connectivity index (χ2v) is 7.49. The van der Waals surface area contributed by atoms with Crippen molar-refractivity contribution in [3.63, 3.8) is 0 Å². The Morgan fingerprint density at radius 2 is 2.07 bits per heavy atom. The van der Waals surface area contributed by atoms with Gasteiger partial charge in [0.1, 0.15) is 6.10 Å². The van der Waals surface area contributed by atoms with Crippen LogP contribution in [0.1, 0.15) is 29.5 Å². The van der Waals surface area contributed by atoms with Gasteiger partial charge in [0.15, 0.2) is 0 Å². The molecule has 1 aromatic carbocycles. The van der Waals surface area contributed by atoms with Crippen molar-refractivity contribution in [3.05, 3.63) is 59.5 Å². The molecule has 1 aliphatic heterocycles. The summed E-state index contributed by atoms with van der Waals surface area (Å²) in [7, 11) is 3.38. The summed E-state index contributed by atoms with van der Waals surface area (Å²) in [6.07, 6.45) is 1.05.